The molecule has 1 aromatic carbocycles. The summed E-state index contributed by atoms with van der Waals surface area (Å²) in [6.07, 6.45) is 0.779. The third-order valence-electron chi connectivity index (χ3n) is 2.82. The lowest BCUT2D eigenvalue weighted by Gasteiger charge is -2.17. The van der Waals surface area contributed by atoms with Gasteiger partial charge < -0.3 is 4.90 Å². The minimum absolute atomic E-state index is 0.381. The fraction of sp³-hybridized carbons (Fsp3) is 0.231. The van der Waals surface area contributed by atoms with Crippen LogP contribution in [0.4, 0.5) is 5.69 Å². The van der Waals surface area contributed by atoms with Crippen LogP contribution < -0.4 is 4.90 Å². The molecule has 3 nitrogen and oxygen atoms in total. The van der Waals surface area contributed by atoms with Crippen LogP contribution in [0.3, 0.4) is 0 Å². The highest BCUT2D eigenvalue weighted by Crippen LogP contribution is 2.31. The molecule has 0 saturated heterocycles. The van der Waals surface area contributed by atoms with Crippen molar-refractivity contribution in [3.8, 4) is 0 Å². The maximum absolute atomic E-state index is 11.8. The van der Waals surface area contributed by atoms with Gasteiger partial charge in [-0.1, -0.05) is 30.7 Å². The molecule has 1 aliphatic heterocycles. The zero-order valence-corrected chi connectivity index (χ0v) is 10.3. The number of halogens is 1. The van der Waals surface area contributed by atoms with E-state index < -0.39 is 11.7 Å². The van der Waals surface area contributed by atoms with Crippen molar-refractivity contribution in [3.63, 3.8) is 0 Å². The first-order chi connectivity index (χ1) is 8.04. The number of ketones is 1. The Balaban J connectivity index is 2.41. The minimum Gasteiger partial charge on any atom is -0.301 e. The molecule has 1 heterocycles. The summed E-state index contributed by atoms with van der Waals surface area (Å²) in [5.41, 5.74) is 1.92. The number of Topliss-reactive ketones (excluding diaryl/α,β-unsaturated/α-hetero) is 1. The summed E-state index contributed by atoms with van der Waals surface area (Å²) >= 11 is 5.82. The van der Waals surface area contributed by atoms with E-state index in [2.05, 4.69) is 6.58 Å². The molecule has 0 saturated carbocycles. The maximum Gasteiger partial charge on any atom is 0.299 e. The van der Waals surface area contributed by atoms with Crippen molar-refractivity contribution in [2.75, 3.05) is 11.4 Å². The second-order valence-electron chi connectivity index (χ2n) is 3.99. The van der Waals surface area contributed by atoms with Gasteiger partial charge in [0.05, 0.1) is 11.3 Å². The van der Waals surface area contributed by atoms with Crippen LogP contribution in [0.2, 0.25) is 5.02 Å². The monoisotopic (exact) mass is 249 g/mol. The molecule has 17 heavy (non-hydrogen) atoms. The zero-order chi connectivity index (χ0) is 12.6. The van der Waals surface area contributed by atoms with E-state index in [-0.39, 0.29) is 0 Å². The Morgan fingerprint density at radius 1 is 1.41 bits per heavy atom. The molecule has 0 aliphatic carbocycles. The number of carbonyl (C=O) groups excluding carboxylic acids is 2. The summed E-state index contributed by atoms with van der Waals surface area (Å²) in [4.78, 5) is 25.0. The van der Waals surface area contributed by atoms with Gasteiger partial charge >= 0.3 is 0 Å². The quantitative estimate of drug-likeness (QED) is 0.610. The summed E-state index contributed by atoms with van der Waals surface area (Å²) < 4.78 is 0. The number of anilines is 1. The van der Waals surface area contributed by atoms with E-state index in [1.54, 1.807) is 12.1 Å². The Morgan fingerprint density at radius 3 is 2.76 bits per heavy atom. The Labute approximate surface area is 105 Å². The van der Waals surface area contributed by atoms with Crippen molar-refractivity contribution >= 4 is 29.0 Å². The lowest BCUT2D eigenvalue weighted by atomic mass is 10.1. The van der Waals surface area contributed by atoms with Crippen molar-refractivity contribution in [2.24, 2.45) is 0 Å². The van der Waals surface area contributed by atoms with E-state index in [1.165, 1.54) is 11.0 Å². The van der Waals surface area contributed by atoms with Crippen LogP contribution in [0.5, 0.6) is 0 Å². The highest BCUT2D eigenvalue weighted by Gasteiger charge is 2.35. The average molecular weight is 250 g/mol. The summed E-state index contributed by atoms with van der Waals surface area (Å²) in [5.74, 6) is -0.997. The van der Waals surface area contributed by atoms with Gasteiger partial charge in [0.1, 0.15) is 0 Å². The molecule has 0 fully saturated rings. The van der Waals surface area contributed by atoms with Crippen molar-refractivity contribution in [1.82, 2.24) is 0 Å². The smallest absolute Gasteiger partial charge is 0.299 e. The van der Waals surface area contributed by atoms with E-state index >= 15 is 0 Å². The SMILES string of the molecule is C=C(CC)CN1C(=O)C(=O)c2cc(Cl)ccc21. The summed E-state index contributed by atoms with van der Waals surface area (Å²) in [6.45, 7) is 6.21. The first-order valence-electron chi connectivity index (χ1n) is 5.37. The fourth-order valence-electron chi connectivity index (χ4n) is 1.77. The zero-order valence-electron chi connectivity index (χ0n) is 9.50. The normalized spacial score (nSPS) is 14.1. The number of hydrogen-bond acceptors (Lipinski definition) is 2. The van der Waals surface area contributed by atoms with Gasteiger partial charge in [0.15, 0.2) is 0 Å². The van der Waals surface area contributed by atoms with Crippen LogP contribution in [0, 0.1) is 0 Å². The largest absolute Gasteiger partial charge is 0.301 e. The number of amides is 1. The highest BCUT2D eigenvalue weighted by atomic mass is 35.5. The third kappa shape index (κ3) is 1.98. The van der Waals surface area contributed by atoms with Crippen molar-refractivity contribution in [2.45, 2.75) is 13.3 Å². The topological polar surface area (TPSA) is 37.4 Å². The van der Waals surface area contributed by atoms with Gasteiger partial charge in [-0.3, -0.25) is 9.59 Å². The Kier molecular flexibility index (Phi) is 3.03. The lowest BCUT2D eigenvalue weighted by molar-refractivity contribution is -0.114. The van der Waals surface area contributed by atoms with E-state index in [9.17, 15) is 9.59 Å². The van der Waals surface area contributed by atoms with E-state index in [1.807, 2.05) is 6.92 Å². The molecule has 88 valence electrons. The van der Waals surface area contributed by atoms with Crippen molar-refractivity contribution in [3.05, 3.63) is 40.9 Å². The average Bonchev–Trinajstić information content (AvgIpc) is 2.54. The van der Waals surface area contributed by atoms with E-state index in [0.717, 1.165) is 12.0 Å². The number of hydrogen-bond donors (Lipinski definition) is 0. The summed E-state index contributed by atoms with van der Waals surface area (Å²) in [5, 5.41) is 0.459. The first-order valence-corrected chi connectivity index (χ1v) is 5.74. The molecule has 4 heteroatoms. The second-order valence-corrected chi connectivity index (χ2v) is 4.42. The highest BCUT2D eigenvalue weighted by molar-refractivity contribution is 6.52. The molecule has 0 atom stereocenters. The molecule has 2 rings (SSSR count). The van der Waals surface area contributed by atoms with Crippen molar-refractivity contribution < 1.29 is 9.59 Å². The number of benzene rings is 1. The van der Waals surface area contributed by atoms with Crippen LogP contribution in [0.15, 0.2) is 30.4 Å². The molecule has 0 spiro atoms. The Hall–Kier alpha value is -1.61. The lowest BCUT2D eigenvalue weighted by Crippen LogP contribution is -2.31. The van der Waals surface area contributed by atoms with Crippen LogP contribution in [0.1, 0.15) is 23.7 Å². The van der Waals surface area contributed by atoms with Crippen LogP contribution >= 0.6 is 11.6 Å². The molecule has 0 N–H and O–H groups in total. The molecular weight excluding hydrogens is 238 g/mol. The predicted molar refractivity (Wildman–Crippen MR) is 67.6 cm³/mol. The van der Waals surface area contributed by atoms with Gasteiger partial charge in [0.2, 0.25) is 0 Å². The van der Waals surface area contributed by atoms with Gasteiger partial charge in [0, 0.05) is 11.6 Å². The molecule has 0 unspecified atom stereocenters. The summed E-state index contributed by atoms with van der Waals surface area (Å²) in [6, 6.07) is 4.91. The van der Waals surface area contributed by atoms with Gasteiger partial charge in [-0.15, -0.1) is 0 Å². The van der Waals surface area contributed by atoms with E-state index in [4.69, 9.17) is 11.6 Å². The molecule has 0 radical (unpaired) electrons. The molecule has 1 aliphatic rings. The van der Waals surface area contributed by atoms with Crippen LogP contribution in [0.25, 0.3) is 0 Å². The Bertz CT molecular complexity index is 522. The third-order valence-corrected chi connectivity index (χ3v) is 3.05. The maximum atomic E-state index is 11.8. The number of nitrogens with zero attached hydrogens (tertiary/aromatic N) is 1. The number of carbonyl (C=O) groups is 2. The fourth-order valence-corrected chi connectivity index (χ4v) is 1.94. The number of fused-ring (bicyclic) bond motifs is 1. The van der Waals surface area contributed by atoms with Crippen LogP contribution in [-0.2, 0) is 4.79 Å². The van der Waals surface area contributed by atoms with Gasteiger partial charge in [0.25, 0.3) is 11.7 Å². The van der Waals surface area contributed by atoms with Gasteiger partial charge in [-0.25, -0.2) is 0 Å². The molecule has 0 aromatic heterocycles. The standard InChI is InChI=1S/C13H12ClNO2/c1-3-8(2)7-15-11-5-4-9(14)6-10(11)12(16)13(15)17/h4-6H,2-3,7H2,1H3. The molecule has 0 bridgehead atoms. The van der Waals surface area contributed by atoms with E-state index in [0.29, 0.717) is 22.8 Å². The minimum atomic E-state index is -0.503. The van der Waals surface area contributed by atoms with Crippen LogP contribution in [-0.4, -0.2) is 18.2 Å². The predicted octanol–water partition coefficient (Wildman–Crippen LogP) is 2.84. The molecular formula is C13H12ClNO2. The van der Waals surface area contributed by atoms with Gasteiger partial charge in [-0.2, -0.15) is 0 Å². The Morgan fingerprint density at radius 2 is 2.12 bits per heavy atom. The first kappa shape index (κ1) is 11.9. The molecule has 1 aromatic rings. The second kappa shape index (κ2) is 4.34. The molecule has 1 amide bonds. The number of rotatable bonds is 3. The summed E-state index contributed by atoms with van der Waals surface area (Å²) in [7, 11) is 0. The van der Waals surface area contributed by atoms with Gasteiger partial charge in [-0.05, 0) is 24.6 Å². The van der Waals surface area contributed by atoms with Crippen molar-refractivity contribution in [1.29, 1.82) is 0 Å².